The SMILES string of the molecule is Fc1cc(F)c(Nc2nc3cnc(NC4CCCCC4)nc3n2[C@@H]2CCOC2)c(F)c1. The fraction of sp³-hybridized carbons (Fsp3) is 0.476. The molecular weight excluding hydrogens is 409 g/mol. The van der Waals surface area contributed by atoms with E-state index in [1.54, 1.807) is 10.8 Å². The Morgan fingerprint density at radius 1 is 1.00 bits per heavy atom. The molecule has 3 heterocycles. The molecule has 1 aliphatic carbocycles. The van der Waals surface area contributed by atoms with E-state index in [1.807, 2.05) is 0 Å². The smallest absolute Gasteiger partial charge is 0.224 e. The number of aromatic nitrogens is 4. The number of fused-ring (bicyclic) bond motifs is 1. The number of rotatable bonds is 5. The van der Waals surface area contributed by atoms with Crippen LogP contribution >= 0.6 is 0 Å². The van der Waals surface area contributed by atoms with Crippen molar-refractivity contribution in [1.82, 2.24) is 19.5 Å². The molecule has 2 N–H and O–H groups in total. The molecule has 1 aliphatic heterocycles. The lowest BCUT2D eigenvalue weighted by Gasteiger charge is -2.22. The molecule has 1 aromatic carbocycles. The number of hydrogen-bond acceptors (Lipinski definition) is 6. The molecule has 0 unspecified atom stereocenters. The largest absolute Gasteiger partial charge is 0.379 e. The van der Waals surface area contributed by atoms with Crippen molar-refractivity contribution in [2.24, 2.45) is 0 Å². The first-order chi connectivity index (χ1) is 15.1. The van der Waals surface area contributed by atoms with E-state index in [0.29, 0.717) is 54.9 Å². The summed E-state index contributed by atoms with van der Waals surface area (Å²) in [4.78, 5) is 13.5. The zero-order valence-corrected chi connectivity index (χ0v) is 16.9. The van der Waals surface area contributed by atoms with Crippen LogP contribution in [0.1, 0.15) is 44.6 Å². The van der Waals surface area contributed by atoms with E-state index in [2.05, 4.69) is 25.6 Å². The number of imidazole rings is 1. The van der Waals surface area contributed by atoms with Gasteiger partial charge < -0.3 is 15.4 Å². The van der Waals surface area contributed by atoms with Crippen molar-refractivity contribution in [3.63, 3.8) is 0 Å². The van der Waals surface area contributed by atoms with Gasteiger partial charge in [-0.05, 0) is 19.3 Å². The lowest BCUT2D eigenvalue weighted by molar-refractivity contribution is 0.187. The predicted octanol–water partition coefficient (Wildman–Crippen LogP) is 4.69. The van der Waals surface area contributed by atoms with Crippen LogP contribution in [0.2, 0.25) is 0 Å². The van der Waals surface area contributed by atoms with Crippen LogP contribution in [-0.4, -0.2) is 38.8 Å². The van der Waals surface area contributed by atoms with Crippen molar-refractivity contribution in [3.8, 4) is 0 Å². The first-order valence-electron chi connectivity index (χ1n) is 10.6. The minimum Gasteiger partial charge on any atom is -0.379 e. The Bertz CT molecular complexity index is 1070. The fourth-order valence-electron chi connectivity index (χ4n) is 4.32. The summed E-state index contributed by atoms with van der Waals surface area (Å²) < 4.78 is 49.1. The van der Waals surface area contributed by atoms with Gasteiger partial charge in [0, 0.05) is 24.8 Å². The average molecular weight is 432 g/mol. The molecule has 1 atom stereocenters. The van der Waals surface area contributed by atoms with E-state index in [4.69, 9.17) is 4.74 Å². The second kappa shape index (κ2) is 8.33. The molecule has 10 heteroatoms. The molecule has 1 saturated carbocycles. The molecule has 3 aromatic rings. The Balaban J connectivity index is 1.53. The third-order valence-electron chi connectivity index (χ3n) is 5.89. The van der Waals surface area contributed by atoms with Crippen molar-refractivity contribution in [3.05, 3.63) is 35.8 Å². The highest BCUT2D eigenvalue weighted by Crippen LogP contribution is 2.32. The molecule has 31 heavy (non-hydrogen) atoms. The lowest BCUT2D eigenvalue weighted by atomic mass is 9.96. The molecule has 0 radical (unpaired) electrons. The highest BCUT2D eigenvalue weighted by Gasteiger charge is 2.26. The maximum absolute atomic E-state index is 14.2. The van der Waals surface area contributed by atoms with Gasteiger partial charge in [-0.1, -0.05) is 19.3 Å². The number of benzene rings is 1. The van der Waals surface area contributed by atoms with Gasteiger partial charge >= 0.3 is 0 Å². The lowest BCUT2D eigenvalue weighted by Crippen LogP contribution is -2.23. The summed E-state index contributed by atoms with van der Waals surface area (Å²) >= 11 is 0. The summed E-state index contributed by atoms with van der Waals surface area (Å²) in [6.07, 6.45) is 8.07. The second-order valence-corrected chi connectivity index (χ2v) is 8.07. The van der Waals surface area contributed by atoms with Gasteiger partial charge in [-0.15, -0.1) is 0 Å². The summed E-state index contributed by atoms with van der Waals surface area (Å²) in [6, 6.07) is 1.49. The molecular formula is C21H23F3N6O. The Labute approximate surface area is 177 Å². The molecule has 2 aliphatic rings. The van der Waals surface area contributed by atoms with Gasteiger partial charge in [0.2, 0.25) is 11.9 Å². The summed E-state index contributed by atoms with van der Waals surface area (Å²) in [5.41, 5.74) is 0.575. The van der Waals surface area contributed by atoms with E-state index in [9.17, 15) is 13.2 Å². The Kier molecular flexibility index (Phi) is 5.39. The first-order valence-corrected chi connectivity index (χ1v) is 10.6. The van der Waals surface area contributed by atoms with Crippen LogP contribution in [-0.2, 0) is 4.74 Å². The minimum atomic E-state index is -1.04. The van der Waals surface area contributed by atoms with Crippen LogP contribution in [0.4, 0.5) is 30.8 Å². The topological polar surface area (TPSA) is 76.9 Å². The van der Waals surface area contributed by atoms with Gasteiger partial charge in [0.25, 0.3) is 0 Å². The molecule has 5 rings (SSSR count). The standard InChI is InChI=1S/C21H23F3N6O/c22-12-8-15(23)18(16(24)9-12)28-21-27-17-10-25-20(26-13-4-2-1-3-5-13)29-19(17)30(21)14-6-7-31-11-14/h8-10,13-14H,1-7,11H2,(H,27,28)(H,25,26,29)/t14-/m1/s1. The van der Waals surface area contributed by atoms with Gasteiger partial charge in [0.1, 0.15) is 17.0 Å². The molecule has 2 fully saturated rings. The van der Waals surface area contributed by atoms with Crippen molar-refractivity contribution >= 4 is 28.7 Å². The summed E-state index contributed by atoms with van der Waals surface area (Å²) in [5.74, 6) is -2.35. The third-order valence-corrected chi connectivity index (χ3v) is 5.89. The molecule has 0 spiro atoms. The van der Waals surface area contributed by atoms with Crippen LogP contribution < -0.4 is 10.6 Å². The molecule has 0 amide bonds. The molecule has 7 nitrogen and oxygen atoms in total. The van der Waals surface area contributed by atoms with Crippen LogP contribution in [0.25, 0.3) is 11.2 Å². The summed E-state index contributed by atoms with van der Waals surface area (Å²) in [7, 11) is 0. The van der Waals surface area contributed by atoms with E-state index in [1.165, 1.54) is 19.3 Å². The fourth-order valence-corrected chi connectivity index (χ4v) is 4.32. The molecule has 2 aromatic heterocycles. The van der Waals surface area contributed by atoms with Crippen LogP contribution in [0, 0.1) is 17.5 Å². The van der Waals surface area contributed by atoms with Crippen molar-refractivity contribution in [2.45, 2.75) is 50.6 Å². The van der Waals surface area contributed by atoms with E-state index in [0.717, 1.165) is 12.8 Å². The van der Waals surface area contributed by atoms with Gasteiger partial charge in [-0.3, -0.25) is 4.57 Å². The minimum absolute atomic E-state index is 0.100. The van der Waals surface area contributed by atoms with Gasteiger partial charge in [0.15, 0.2) is 17.3 Å². The normalized spacial score (nSPS) is 19.8. The van der Waals surface area contributed by atoms with Crippen molar-refractivity contribution in [1.29, 1.82) is 0 Å². The number of ether oxygens (including phenoxy) is 1. The second-order valence-electron chi connectivity index (χ2n) is 8.07. The average Bonchev–Trinajstić information content (AvgIpc) is 3.38. The Morgan fingerprint density at radius 2 is 1.77 bits per heavy atom. The monoisotopic (exact) mass is 432 g/mol. The summed E-state index contributed by atoms with van der Waals surface area (Å²) in [6.45, 7) is 1.01. The predicted molar refractivity (Wildman–Crippen MR) is 110 cm³/mol. The zero-order valence-electron chi connectivity index (χ0n) is 16.9. The van der Waals surface area contributed by atoms with Crippen molar-refractivity contribution in [2.75, 3.05) is 23.8 Å². The maximum Gasteiger partial charge on any atom is 0.224 e. The Morgan fingerprint density at radius 3 is 2.48 bits per heavy atom. The quantitative estimate of drug-likeness (QED) is 0.609. The zero-order chi connectivity index (χ0) is 21.4. The van der Waals surface area contributed by atoms with Crippen LogP contribution in [0.3, 0.4) is 0 Å². The third kappa shape index (κ3) is 4.04. The highest BCUT2D eigenvalue weighted by atomic mass is 19.1. The Hall–Kier alpha value is -2.88. The van der Waals surface area contributed by atoms with Gasteiger partial charge in [0.05, 0.1) is 18.8 Å². The first kappa shape index (κ1) is 20.0. The molecule has 1 saturated heterocycles. The van der Waals surface area contributed by atoms with Crippen LogP contribution in [0.15, 0.2) is 18.3 Å². The summed E-state index contributed by atoms with van der Waals surface area (Å²) in [5, 5.41) is 6.09. The molecule has 0 bridgehead atoms. The highest BCUT2D eigenvalue weighted by molar-refractivity contribution is 5.76. The number of hydrogen-bond donors (Lipinski definition) is 2. The maximum atomic E-state index is 14.2. The van der Waals surface area contributed by atoms with E-state index >= 15 is 0 Å². The van der Waals surface area contributed by atoms with E-state index < -0.39 is 23.1 Å². The number of nitrogens with zero attached hydrogens (tertiary/aromatic N) is 4. The van der Waals surface area contributed by atoms with E-state index in [-0.39, 0.29) is 12.0 Å². The van der Waals surface area contributed by atoms with Gasteiger partial charge in [-0.2, -0.15) is 4.98 Å². The molecule has 164 valence electrons. The van der Waals surface area contributed by atoms with Crippen LogP contribution in [0.5, 0.6) is 0 Å². The number of nitrogens with one attached hydrogen (secondary N) is 2. The number of halogens is 3. The van der Waals surface area contributed by atoms with Crippen molar-refractivity contribution < 1.29 is 17.9 Å². The number of anilines is 3. The van der Waals surface area contributed by atoms with Gasteiger partial charge in [-0.25, -0.2) is 23.1 Å².